The average molecular weight is 419 g/mol. The molecule has 11 heteroatoms. The Morgan fingerprint density at radius 2 is 2.07 bits per heavy atom. The van der Waals surface area contributed by atoms with Crippen molar-refractivity contribution in [3.05, 3.63) is 29.8 Å². The fraction of sp³-hybridized carbons (Fsp3) is 0.412. The maximum Gasteiger partial charge on any atom is 0.387 e. The van der Waals surface area contributed by atoms with Gasteiger partial charge in [-0.1, -0.05) is 6.07 Å². The number of hydrogen-bond donors (Lipinski definition) is 1. The third kappa shape index (κ3) is 6.80. The minimum atomic E-state index is -3.12. The minimum Gasteiger partial charge on any atom is -0.493 e. The second-order valence-electron chi connectivity index (χ2n) is 5.90. The van der Waals surface area contributed by atoms with E-state index in [9.17, 15) is 26.8 Å². The van der Waals surface area contributed by atoms with Gasteiger partial charge >= 0.3 is 12.6 Å². The Hall–Kier alpha value is -2.69. The van der Waals surface area contributed by atoms with Crippen molar-refractivity contribution in [2.75, 3.05) is 25.2 Å². The van der Waals surface area contributed by atoms with Crippen LogP contribution in [0.15, 0.2) is 24.3 Å². The van der Waals surface area contributed by atoms with E-state index >= 15 is 0 Å². The lowest BCUT2D eigenvalue weighted by Crippen LogP contribution is -2.38. The van der Waals surface area contributed by atoms with E-state index in [0.717, 1.165) is 6.08 Å². The van der Waals surface area contributed by atoms with Gasteiger partial charge in [0, 0.05) is 12.1 Å². The molecule has 1 unspecified atom stereocenters. The van der Waals surface area contributed by atoms with Crippen molar-refractivity contribution in [3.8, 4) is 11.5 Å². The van der Waals surface area contributed by atoms with Gasteiger partial charge in [0.05, 0.1) is 18.6 Å². The number of ether oxygens (including phenoxy) is 3. The number of sulfone groups is 1. The minimum absolute atomic E-state index is 0.0189. The van der Waals surface area contributed by atoms with Gasteiger partial charge in [0.2, 0.25) is 0 Å². The van der Waals surface area contributed by atoms with Gasteiger partial charge in [-0.3, -0.25) is 4.79 Å². The van der Waals surface area contributed by atoms with Crippen molar-refractivity contribution >= 4 is 27.8 Å². The molecule has 1 atom stereocenters. The van der Waals surface area contributed by atoms with Gasteiger partial charge < -0.3 is 19.5 Å². The number of benzene rings is 1. The molecule has 8 nitrogen and oxygen atoms in total. The monoisotopic (exact) mass is 419 g/mol. The SMILES string of the molecule is COc1cc(/C=C/C(=O)OCC(=O)NC2CCS(=O)(=O)C2)ccc1OC(F)F. The number of nitrogens with one attached hydrogen (secondary N) is 1. The first-order valence-corrected chi connectivity index (χ1v) is 9.98. The molecule has 0 radical (unpaired) electrons. The molecule has 0 spiro atoms. The molecule has 1 aliphatic rings. The fourth-order valence-corrected chi connectivity index (χ4v) is 4.18. The first-order chi connectivity index (χ1) is 13.2. The van der Waals surface area contributed by atoms with Gasteiger partial charge in [0.15, 0.2) is 27.9 Å². The molecule has 0 saturated carbocycles. The molecule has 0 bridgehead atoms. The highest BCUT2D eigenvalue weighted by molar-refractivity contribution is 7.91. The van der Waals surface area contributed by atoms with E-state index in [1.165, 1.54) is 31.4 Å². The fourth-order valence-electron chi connectivity index (χ4n) is 2.51. The molecule has 154 valence electrons. The van der Waals surface area contributed by atoms with E-state index in [4.69, 9.17) is 9.47 Å². The Kier molecular flexibility index (Phi) is 7.32. The van der Waals surface area contributed by atoms with Gasteiger partial charge in [-0.2, -0.15) is 8.78 Å². The summed E-state index contributed by atoms with van der Waals surface area (Å²) in [4.78, 5) is 23.4. The van der Waals surface area contributed by atoms with E-state index in [1.807, 2.05) is 0 Å². The van der Waals surface area contributed by atoms with Crippen molar-refractivity contribution in [1.29, 1.82) is 0 Å². The molecule has 2 rings (SSSR count). The molecule has 0 aromatic heterocycles. The van der Waals surface area contributed by atoms with Gasteiger partial charge in [-0.05, 0) is 30.2 Å². The number of esters is 1. The maximum atomic E-state index is 12.3. The first-order valence-electron chi connectivity index (χ1n) is 8.16. The van der Waals surface area contributed by atoms with Crippen molar-refractivity contribution < 1.29 is 41.0 Å². The summed E-state index contributed by atoms with van der Waals surface area (Å²) in [6, 6.07) is 3.60. The van der Waals surface area contributed by atoms with Gasteiger partial charge in [0.25, 0.3) is 5.91 Å². The number of hydrogen-bond acceptors (Lipinski definition) is 7. The standard InChI is InChI=1S/C17H19F2NO7S/c1-25-14-8-11(2-4-13(14)27-17(18)19)3-5-16(22)26-9-15(21)20-12-6-7-28(23,24)10-12/h2-5,8,12,17H,6-7,9-10H2,1H3,(H,20,21)/b5-3+. The van der Waals surface area contributed by atoms with E-state index in [2.05, 4.69) is 10.1 Å². The van der Waals surface area contributed by atoms with Crippen LogP contribution in [-0.4, -0.2) is 58.2 Å². The third-order valence-corrected chi connectivity index (χ3v) is 5.53. The largest absolute Gasteiger partial charge is 0.493 e. The molecule has 0 aliphatic carbocycles. The first kappa shape index (κ1) is 21.6. The van der Waals surface area contributed by atoms with Gasteiger partial charge in [-0.25, -0.2) is 13.2 Å². The number of methoxy groups -OCH3 is 1. The van der Waals surface area contributed by atoms with Crippen molar-refractivity contribution in [3.63, 3.8) is 0 Å². The van der Waals surface area contributed by atoms with Crippen LogP contribution in [-0.2, 0) is 24.2 Å². The topological polar surface area (TPSA) is 108 Å². The van der Waals surface area contributed by atoms with Crippen molar-refractivity contribution in [1.82, 2.24) is 5.32 Å². The molecule has 1 fully saturated rings. The molecule has 1 aromatic carbocycles. The molecule has 1 amide bonds. The quantitative estimate of drug-likeness (QED) is 0.498. The van der Waals surface area contributed by atoms with E-state index in [0.29, 0.717) is 12.0 Å². The van der Waals surface area contributed by atoms with Crippen molar-refractivity contribution in [2.24, 2.45) is 0 Å². The van der Waals surface area contributed by atoms with Crippen LogP contribution in [0.2, 0.25) is 0 Å². The molecule has 1 heterocycles. The summed E-state index contributed by atoms with van der Waals surface area (Å²) in [6.07, 6.45) is 2.73. The summed E-state index contributed by atoms with van der Waals surface area (Å²) >= 11 is 0. The molecule has 1 N–H and O–H groups in total. The lowest BCUT2D eigenvalue weighted by Gasteiger charge is -2.10. The van der Waals surface area contributed by atoms with Crippen LogP contribution in [0, 0.1) is 0 Å². The highest BCUT2D eigenvalue weighted by atomic mass is 32.2. The van der Waals surface area contributed by atoms with Crippen LogP contribution >= 0.6 is 0 Å². The Morgan fingerprint density at radius 1 is 1.32 bits per heavy atom. The smallest absolute Gasteiger partial charge is 0.387 e. The van der Waals surface area contributed by atoms with Crippen LogP contribution < -0.4 is 14.8 Å². The maximum absolute atomic E-state index is 12.3. The summed E-state index contributed by atoms with van der Waals surface area (Å²) in [7, 11) is -1.84. The molecular formula is C17H19F2NO7S. The predicted octanol–water partition coefficient (Wildman–Crippen LogP) is 1.16. The van der Waals surface area contributed by atoms with Gasteiger partial charge in [0.1, 0.15) is 0 Å². The Balaban J connectivity index is 1.83. The normalized spacial score (nSPS) is 18.2. The van der Waals surface area contributed by atoms with E-state index in [1.54, 1.807) is 0 Å². The molecule has 1 aliphatic heterocycles. The lowest BCUT2D eigenvalue weighted by atomic mass is 10.2. The number of carbonyl (C=O) groups is 2. The summed E-state index contributed by atoms with van der Waals surface area (Å²) < 4.78 is 61.3. The second-order valence-corrected chi connectivity index (χ2v) is 8.13. The number of alkyl halides is 2. The van der Waals surface area contributed by atoms with Gasteiger partial charge in [-0.15, -0.1) is 0 Å². The zero-order valence-electron chi connectivity index (χ0n) is 14.9. The highest BCUT2D eigenvalue weighted by Crippen LogP contribution is 2.29. The Labute approximate surface area is 160 Å². The lowest BCUT2D eigenvalue weighted by molar-refractivity contribution is -0.143. The summed E-state index contributed by atoms with van der Waals surface area (Å²) in [5.41, 5.74) is 0.455. The van der Waals surface area contributed by atoms with Crippen molar-refractivity contribution in [2.45, 2.75) is 19.1 Å². The summed E-state index contributed by atoms with van der Waals surface area (Å²) in [6.45, 7) is -3.55. The second kappa shape index (κ2) is 9.49. The number of carbonyl (C=O) groups excluding carboxylic acids is 2. The number of amides is 1. The molecule has 1 saturated heterocycles. The summed E-state index contributed by atoms with van der Waals surface area (Å²) in [5, 5.41) is 2.49. The predicted molar refractivity (Wildman–Crippen MR) is 94.8 cm³/mol. The Morgan fingerprint density at radius 3 is 2.68 bits per heavy atom. The highest BCUT2D eigenvalue weighted by Gasteiger charge is 2.28. The Bertz CT molecular complexity index is 855. The molecule has 28 heavy (non-hydrogen) atoms. The molecule has 1 aromatic rings. The third-order valence-electron chi connectivity index (χ3n) is 3.76. The van der Waals surface area contributed by atoms with E-state index in [-0.39, 0.29) is 23.0 Å². The van der Waals surface area contributed by atoms with Crippen LogP contribution in [0.3, 0.4) is 0 Å². The van der Waals surface area contributed by atoms with E-state index < -0.39 is 41.0 Å². The van der Waals surface area contributed by atoms with Crippen LogP contribution in [0.5, 0.6) is 11.5 Å². The zero-order valence-corrected chi connectivity index (χ0v) is 15.7. The van der Waals surface area contributed by atoms with Crippen LogP contribution in [0.4, 0.5) is 8.78 Å². The molecular weight excluding hydrogens is 400 g/mol. The van der Waals surface area contributed by atoms with Crippen LogP contribution in [0.25, 0.3) is 6.08 Å². The summed E-state index contributed by atoms with van der Waals surface area (Å²) in [5.74, 6) is -1.60. The number of rotatable bonds is 8. The van der Waals surface area contributed by atoms with Crippen LogP contribution in [0.1, 0.15) is 12.0 Å². The number of halogens is 2. The zero-order chi connectivity index (χ0) is 20.7. The average Bonchev–Trinajstić information content (AvgIpc) is 2.96.